The van der Waals surface area contributed by atoms with Gasteiger partial charge in [-0.15, -0.1) is 0 Å². The van der Waals surface area contributed by atoms with Crippen LogP contribution in [-0.4, -0.2) is 30.7 Å². The number of amides is 1. The molecule has 0 atom stereocenters. The van der Waals surface area contributed by atoms with Gasteiger partial charge >= 0.3 is 0 Å². The summed E-state index contributed by atoms with van der Waals surface area (Å²) >= 11 is 0. The standard InChI is InChI=1S/C12H21N3O2/c1-4-5-13-6-7-14-12(16)8-11-9(2)15-17-10(11)3/h13H,4-8H2,1-3H3,(H,14,16). The SMILES string of the molecule is CCCNCCNC(=O)Cc1c(C)noc1C. The molecule has 1 amide bonds. The zero-order valence-electron chi connectivity index (χ0n) is 10.8. The molecular formula is C12H21N3O2. The minimum Gasteiger partial charge on any atom is -0.361 e. The Morgan fingerprint density at radius 2 is 2.06 bits per heavy atom. The Kier molecular flexibility index (Phi) is 5.69. The topological polar surface area (TPSA) is 67.2 Å². The Labute approximate surface area is 102 Å². The van der Waals surface area contributed by atoms with Crippen molar-refractivity contribution in [1.82, 2.24) is 15.8 Å². The molecule has 96 valence electrons. The fourth-order valence-corrected chi connectivity index (χ4v) is 1.57. The fourth-order valence-electron chi connectivity index (χ4n) is 1.57. The summed E-state index contributed by atoms with van der Waals surface area (Å²) in [5.74, 6) is 0.736. The first kappa shape index (κ1) is 13.7. The van der Waals surface area contributed by atoms with Crippen LogP contribution in [0, 0.1) is 13.8 Å². The van der Waals surface area contributed by atoms with E-state index >= 15 is 0 Å². The number of hydrogen-bond acceptors (Lipinski definition) is 4. The first-order valence-corrected chi connectivity index (χ1v) is 6.04. The Balaban J connectivity index is 2.26. The molecular weight excluding hydrogens is 218 g/mol. The molecule has 0 aromatic carbocycles. The molecule has 0 bridgehead atoms. The van der Waals surface area contributed by atoms with Crippen LogP contribution in [0.2, 0.25) is 0 Å². The molecule has 0 saturated carbocycles. The predicted molar refractivity (Wildman–Crippen MR) is 65.9 cm³/mol. The molecule has 0 unspecified atom stereocenters. The number of nitrogens with one attached hydrogen (secondary N) is 2. The summed E-state index contributed by atoms with van der Waals surface area (Å²) in [5.41, 5.74) is 1.69. The van der Waals surface area contributed by atoms with Crippen molar-refractivity contribution in [3.8, 4) is 0 Å². The molecule has 1 rings (SSSR count). The first-order valence-electron chi connectivity index (χ1n) is 6.04. The zero-order valence-corrected chi connectivity index (χ0v) is 10.8. The van der Waals surface area contributed by atoms with Gasteiger partial charge in [-0.3, -0.25) is 4.79 Å². The van der Waals surface area contributed by atoms with Crippen LogP contribution in [-0.2, 0) is 11.2 Å². The van der Waals surface area contributed by atoms with Gasteiger partial charge in [0.15, 0.2) is 0 Å². The number of carbonyl (C=O) groups is 1. The first-order chi connectivity index (χ1) is 8.15. The molecule has 1 heterocycles. The van der Waals surface area contributed by atoms with Crippen molar-refractivity contribution >= 4 is 5.91 Å². The summed E-state index contributed by atoms with van der Waals surface area (Å²) in [6.07, 6.45) is 1.45. The number of aromatic nitrogens is 1. The summed E-state index contributed by atoms with van der Waals surface area (Å²) in [7, 11) is 0. The molecule has 0 saturated heterocycles. The van der Waals surface area contributed by atoms with Gasteiger partial charge in [-0.2, -0.15) is 0 Å². The van der Waals surface area contributed by atoms with Gasteiger partial charge in [-0.05, 0) is 26.8 Å². The second-order valence-corrected chi connectivity index (χ2v) is 4.08. The van der Waals surface area contributed by atoms with Crippen LogP contribution in [0.1, 0.15) is 30.4 Å². The van der Waals surface area contributed by atoms with Gasteiger partial charge in [0, 0.05) is 18.7 Å². The maximum atomic E-state index is 11.6. The van der Waals surface area contributed by atoms with Gasteiger partial charge in [-0.25, -0.2) is 0 Å². The zero-order chi connectivity index (χ0) is 12.7. The van der Waals surface area contributed by atoms with E-state index in [0.717, 1.165) is 36.5 Å². The molecule has 5 heteroatoms. The van der Waals surface area contributed by atoms with E-state index in [4.69, 9.17) is 4.52 Å². The second kappa shape index (κ2) is 7.06. The summed E-state index contributed by atoms with van der Waals surface area (Å²) in [6.45, 7) is 8.24. The molecule has 1 aromatic heterocycles. The number of aryl methyl sites for hydroxylation is 2. The maximum absolute atomic E-state index is 11.6. The molecule has 0 fully saturated rings. The normalized spacial score (nSPS) is 10.5. The van der Waals surface area contributed by atoms with Crippen LogP contribution in [0.15, 0.2) is 4.52 Å². The predicted octanol–water partition coefficient (Wildman–Crippen LogP) is 0.950. The third-order valence-electron chi connectivity index (χ3n) is 2.57. The van der Waals surface area contributed by atoms with E-state index in [1.54, 1.807) is 0 Å². The Bertz CT molecular complexity index is 341. The molecule has 0 aliphatic rings. The number of rotatable bonds is 7. The van der Waals surface area contributed by atoms with Crippen molar-refractivity contribution in [2.45, 2.75) is 33.6 Å². The quantitative estimate of drug-likeness (QED) is 0.695. The van der Waals surface area contributed by atoms with Gasteiger partial charge in [0.2, 0.25) is 5.91 Å². The van der Waals surface area contributed by atoms with E-state index in [0.29, 0.717) is 13.0 Å². The third kappa shape index (κ3) is 4.56. The number of nitrogens with zero attached hydrogens (tertiary/aromatic N) is 1. The molecule has 2 N–H and O–H groups in total. The average Bonchev–Trinajstić information content (AvgIpc) is 2.60. The van der Waals surface area contributed by atoms with Gasteiger partial charge in [-0.1, -0.05) is 12.1 Å². The largest absolute Gasteiger partial charge is 0.361 e. The van der Waals surface area contributed by atoms with Crippen LogP contribution in [0.4, 0.5) is 0 Å². The Morgan fingerprint density at radius 1 is 1.29 bits per heavy atom. The molecule has 17 heavy (non-hydrogen) atoms. The van der Waals surface area contributed by atoms with Crippen molar-refractivity contribution in [3.05, 3.63) is 17.0 Å². The van der Waals surface area contributed by atoms with Crippen molar-refractivity contribution in [2.75, 3.05) is 19.6 Å². The summed E-state index contributed by atoms with van der Waals surface area (Å²) < 4.78 is 5.01. The summed E-state index contributed by atoms with van der Waals surface area (Å²) in [4.78, 5) is 11.6. The lowest BCUT2D eigenvalue weighted by Gasteiger charge is -2.05. The average molecular weight is 239 g/mol. The lowest BCUT2D eigenvalue weighted by atomic mass is 10.1. The van der Waals surface area contributed by atoms with E-state index in [2.05, 4.69) is 22.7 Å². The molecule has 0 spiro atoms. The van der Waals surface area contributed by atoms with E-state index in [1.165, 1.54) is 0 Å². The van der Waals surface area contributed by atoms with E-state index < -0.39 is 0 Å². The van der Waals surface area contributed by atoms with Gasteiger partial charge in [0.25, 0.3) is 0 Å². The molecule has 0 aliphatic heterocycles. The Morgan fingerprint density at radius 3 is 2.65 bits per heavy atom. The van der Waals surface area contributed by atoms with Crippen molar-refractivity contribution in [3.63, 3.8) is 0 Å². The summed E-state index contributed by atoms with van der Waals surface area (Å²) in [6, 6.07) is 0. The lowest BCUT2D eigenvalue weighted by molar-refractivity contribution is -0.120. The highest BCUT2D eigenvalue weighted by atomic mass is 16.5. The smallest absolute Gasteiger partial charge is 0.224 e. The minimum absolute atomic E-state index is 0.0118. The highest BCUT2D eigenvalue weighted by Crippen LogP contribution is 2.12. The lowest BCUT2D eigenvalue weighted by Crippen LogP contribution is -2.33. The van der Waals surface area contributed by atoms with Gasteiger partial charge in [0.05, 0.1) is 12.1 Å². The number of hydrogen-bond donors (Lipinski definition) is 2. The third-order valence-corrected chi connectivity index (χ3v) is 2.57. The van der Waals surface area contributed by atoms with Crippen LogP contribution in [0.5, 0.6) is 0 Å². The monoisotopic (exact) mass is 239 g/mol. The minimum atomic E-state index is 0.0118. The van der Waals surface area contributed by atoms with Crippen LogP contribution in [0.3, 0.4) is 0 Å². The van der Waals surface area contributed by atoms with Gasteiger partial charge in [0.1, 0.15) is 5.76 Å². The van der Waals surface area contributed by atoms with E-state index in [1.807, 2.05) is 13.8 Å². The van der Waals surface area contributed by atoms with Crippen LogP contribution < -0.4 is 10.6 Å². The van der Waals surface area contributed by atoms with Gasteiger partial charge < -0.3 is 15.2 Å². The molecule has 5 nitrogen and oxygen atoms in total. The molecule has 0 aliphatic carbocycles. The number of carbonyl (C=O) groups excluding carboxylic acids is 1. The maximum Gasteiger partial charge on any atom is 0.224 e. The van der Waals surface area contributed by atoms with Crippen molar-refractivity contribution < 1.29 is 9.32 Å². The van der Waals surface area contributed by atoms with E-state index in [-0.39, 0.29) is 5.91 Å². The highest BCUT2D eigenvalue weighted by molar-refractivity contribution is 5.78. The van der Waals surface area contributed by atoms with Crippen LogP contribution >= 0.6 is 0 Å². The van der Waals surface area contributed by atoms with E-state index in [9.17, 15) is 4.79 Å². The molecule has 0 radical (unpaired) electrons. The van der Waals surface area contributed by atoms with Crippen molar-refractivity contribution in [1.29, 1.82) is 0 Å². The highest BCUT2D eigenvalue weighted by Gasteiger charge is 2.12. The fraction of sp³-hybridized carbons (Fsp3) is 0.667. The van der Waals surface area contributed by atoms with Crippen molar-refractivity contribution in [2.24, 2.45) is 0 Å². The summed E-state index contributed by atoms with van der Waals surface area (Å²) in [5, 5.41) is 9.91. The Hall–Kier alpha value is -1.36. The second-order valence-electron chi connectivity index (χ2n) is 4.08. The van der Waals surface area contributed by atoms with Crippen LogP contribution in [0.25, 0.3) is 0 Å². The molecule has 1 aromatic rings.